The summed E-state index contributed by atoms with van der Waals surface area (Å²) in [5.74, 6) is 1.27. The molecule has 0 unspecified atom stereocenters. The number of anilines is 1. The van der Waals surface area contributed by atoms with Crippen LogP contribution < -0.4 is 14.8 Å². The lowest BCUT2D eigenvalue weighted by molar-refractivity contribution is -0.116. The number of rotatable bonds is 7. The van der Waals surface area contributed by atoms with Gasteiger partial charge < -0.3 is 14.8 Å². The monoisotopic (exact) mass is 325 g/mol. The summed E-state index contributed by atoms with van der Waals surface area (Å²) in [7, 11) is 0. The van der Waals surface area contributed by atoms with Gasteiger partial charge in [-0.2, -0.15) is 0 Å². The molecule has 0 aromatic heterocycles. The van der Waals surface area contributed by atoms with Gasteiger partial charge in [-0.15, -0.1) is 0 Å². The largest absolute Gasteiger partial charge is 0.490 e. The molecule has 0 saturated carbocycles. The van der Waals surface area contributed by atoms with Gasteiger partial charge in [-0.05, 0) is 6.42 Å². The van der Waals surface area contributed by atoms with Crippen molar-refractivity contribution in [1.29, 1.82) is 0 Å². The van der Waals surface area contributed by atoms with Crippen LogP contribution in [0.5, 0.6) is 11.5 Å². The second kappa shape index (κ2) is 8.89. The topological polar surface area (TPSA) is 47.6 Å². The minimum atomic E-state index is -0.00658. The van der Waals surface area contributed by atoms with Crippen molar-refractivity contribution in [3.05, 3.63) is 17.2 Å². The van der Waals surface area contributed by atoms with Gasteiger partial charge in [-0.1, -0.05) is 44.2 Å². The van der Waals surface area contributed by atoms with Crippen molar-refractivity contribution >= 4 is 23.2 Å². The van der Waals surface area contributed by atoms with Gasteiger partial charge in [0.1, 0.15) is 0 Å². The summed E-state index contributed by atoms with van der Waals surface area (Å²) in [5.41, 5.74) is 0.587. The Morgan fingerprint density at radius 3 is 2.55 bits per heavy atom. The molecule has 1 heterocycles. The number of unbranched alkanes of at least 4 members (excludes halogenated alkanes) is 4. The second-order valence-corrected chi connectivity index (χ2v) is 5.95. The quantitative estimate of drug-likeness (QED) is 0.732. The third-order valence-electron chi connectivity index (χ3n) is 3.62. The SMILES string of the molecule is CCCCCCCC(=O)Nc1cc2c(cc1Cl)OCCCO2. The molecule has 0 atom stereocenters. The van der Waals surface area contributed by atoms with Crippen molar-refractivity contribution in [3.63, 3.8) is 0 Å². The molecule has 0 bridgehead atoms. The van der Waals surface area contributed by atoms with Gasteiger partial charge in [-0.3, -0.25) is 4.79 Å². The van der Waals surface area contributed by atoms with Crippen LogP contribution in [-0.2, 0) is 4.79 Å². The highest BCUT2D eigenvalue weighted by Crippen LogP contribution is 2.37. The molecule has 1 amide bonds. The van der Waals surface area contributed by atoms with Crippen LogP contribution in [0.1, 0.15) is 51.9 Å². The van der Waals surface area contributed by atoms with E-state index in [9.17, 15) is 4.79 Å². The smallest absolute Gasteiger partial charge is 0.224 e. The number of benzene rings is 1. The van der Waals surface area contributed by atoms with Crippen LogP contribution in [0.15, 0.2) is 12.1 Å². The molecule has 2 rings (SSSR count). The highest BCUT2D eigenvalue weighted by molar-refractivity contribution is 6.34. The van der Waals surface area contributed by atoms with Crippen LogP contribution in [0, 0.1) is 0 Å². The number of halogens is 1. The average molecular weight is 326 g/mol. The van der Waals surface area contributed by atoms with Gasteiger partial charge in [0.2, 0.25) is 5.91 Å². The van der Waals surface area contributed by atoms with Crippen LogP contribution in [0.4, 0.5) is 5.69 Å². The summed E-state index contributed by atoms with van der Waals surface area (Å²) in [5, 5.41) is 3.34. The minimum absolute atomic E-state index is 0.00658. The lowest BCUT2D eigenvalue weighted by atomic mass is 10.1. The van der Waals surface area contributed by atoms with Crippen LogP contribution in [-0.4, -0.2) is 19.1 Å². The molecule has 0 saturated heterocycles. The van der Waals surface area contributed by atoms with Crippen molar-refractivity contribution in [3.8, 4) is 11.5 Å². The third kappa shape index (κ3) is 5.09. The van der Waals surface area contributed by atoms with E-state index in [1.807, 2.05) is 0 Å². The average Bonchev–Trinajstić information content (AvgIpc) is 2.72. The number of hydrogen-bond donors (Lipinski definition) is 1. The zero-order chi connectivity index (χ0) is 15.8. The van der Waals surface area contributed by atoms with E-state index in [-0.39, 0.29) is 5.91 Å². The van der Waals surface area contributed by atoms with Crippen LogP contribution in [0.25, 0.3) is 0 Å². The van der Waals surface area contributed by atoms with Crippen molar-refractivity contribution in [2.45, 2.75) is 51.9 Å². The van der Waals surface area contributed by atoms with Gasteiger partial charge in [0.15, 0.2) is 11.5 Å². The Labute approximate surface area is 137 Å². The zero-order valence-corrected chi connectivity index (χ0v) is 13.9. The predicted octanol–water partition coefficient (Wildman–Crippen LogP) is 4.80. The molecule has 122 valence electrons. The molecule has 1 aliphatic heterocycles. The fourth-order valence-electron chi connectivity index (χ4n) is 2.38. The number of hydrogen-bond acceptors (Lipinski definition) is 3. The Kier molecular flexibility index (Phi) is 6.84. The fraction of sp³-hybridized carbons (Fsp3) is 0.588. The van der Waals surface area contributed by atoms with Crippen molar-refractivity contribution in [2.24, 2.45) is 0 Å². The predicted molar refractivity (Wildman–Crippen MR) is 89.1 cm³/mol. The molecule has 0 aliphatic carbocycles. The number of amides is 1. The molecule has 1 N–H and O–H groups in total. The Morgan fingerprint density at radius 2 is 1.82 bits per heavy atom. The standard InChI is InChI=1S/C17H24ClNO3/c1-2-3-4-5-6-8-17(20)19-14-12-16-15(11-13(14)18)21-9-7-10-22-16/h11-12H,2-10H2,1H3,(H,19,20). The van der Waals surface area contributed by atoms with Gasteiger partial charge >= 0.3 is 0 Å². The van der Waals surface area contributed by atoms with Crippen LogP contribution >= 0.6 is 11.6 Å². The third-order valence-corrected chi connectivity index (χ3v) is 3.93. The molecular formula is C17H24ClNO3. The molecule has 1 aromatic rings. The van der Waals surface area contributed by atoms with Crippen LogP contribution in [0.3, 0.4) is 0 Å². The first-order valence-electron chi connectivity index (χ1n) is 8.09. The molecule has 4 nitrogen and oxygen atoms in total. The minimum Gasteiger partial charge on any atom is -0.490 e. The maximum absolute atomic E-state index is 12.0. The number of ether oxygens (including phenoxy) is 2. The van der Waals surface area contributed by atoms with Gasteiger partial charge in [0.05, 0.1) is 23.9 Å². The molecule has 5 heteroatoms. The molecule has 1 aromatic carbocycles. The normalized spacial score (nSPS) is 13.5. The molecular weight excluding hydrogens is 302 g/mol. The summed E-state index contributed by atoms with van der Waals surface area (Å²) >= 11 is 6.21. The van der Waals surface area contributed by atoms with E-state index in [1.54, 1.807) is 12.1 Å². The summed E-state index contributed by atoms with van der Waals surface area (Å²) in [4.78, 5) is 12.0. The zero-order valence-electron chi connectivity index (χ0n) is 13.1. The Balaban J connectivity index is 1.89. The number of carbonyl (C=O) groups excluding carboxylic acids is 1. The molecule has 22 heavy (non-hydrogen) atoms. The van der Waals surface area contributed by atoms with Crippen LogP contribution in [0.2, 0.25) is 5.02 Å². The van der Waals surface area contributed by atoms with E-state index in [2.05, 4.69) is 12.2 Å². The fourth-order valence-corrected chi connectivity index (χ4v) is 2.58. The first kappa shape index (κ1) is 16.9. The van der Waals surface area contributed by atoms with Crippen molar-refractivity contribution in [2.75, 3.05) is 18.5 Å². The van der Waals surface area contributed by atoms with Crippen molar-refractivity contribution in [1.82, 2.24) is 0 Å². The van der Waals surface area contributed by atoms with E-state index in [0.29, 0.717) is 41.8 Å². The van der Waals surface area contributed by atoms with E-state index < -0.39 is 0 Å². The highest BCUT2D eigenvalue weighted by Gasteiger charge is 2.15. The van der Waals surface area contributed by atoms with Gasteiger partial charge in [-0.25, -0.2) is 0 Å². The maximum atomic E-state index is 12.0. The number of fused-ring (bicyclic) bond motifs is 1. The maximum Gasteiger partial charge on any atom is 0.224 e. The Hall–Kier alpha value is -1.42. The van der Waals surface area contributed by atoms with E-state index in [0.717, 1.165) is 19.3 Å². The first-order valence-corrected chi connectivity index (χ1v) is 8.47. The summed E-state index contributed by atoms with van der Waals surface area (Å²) < 4.78 is 11.2. The molecule has 0 fully saturated rings. The molecule has 1 aliphatic rings. The summed E-state index contributed by atoms with van der Waals surface area (Å²) in [6.45, 7) is 3.41. The lowest BCUT2D eigenvalue weighted by Crippen LogP contribution is -2.11. The first-order chi connectivity index (χ1) is 10.7. The number of carbonyl (C=O) groups is 1. The van der Waals surface area contributed by atoms with E-state index in [1.165, 1.54) is 19.3 Å². The van der Waals surface area contributed by atoms with E-state index >= 15 is 0 Å². The second-order valence-electron chi connectivity index (χ2n) is 5.54. The van der Waals surface area contributed by atoms with Gasteiger partial charge in [0, 0.05) is 25.0 Å². The van der Waals surface area contributed by atoms with Gasteiger partial charge in [0.25, 0.3) is 0 Å². The Morgan fingerprint density at radius 1 is 1.14 bits per heavy atom. The molecule has 0 radical (unpaired) electrons. The Bertz CT molecular complexity index is 505. The lowest BCUT2D eigenvalue weighted by Gasteiger charge is -2.12. The number of nitrogens with one attached hydrogen (secondary N) is 1. The summed E-state index contributed by atoms with van der Waals surface area (Å²) in [6.07, 6.45) is 6.99. The van der Waals surface area contributed by atoms with Crippen molar-refractivity contribution < 1.29 is 14.3 Å². The molecule has 0 spiro atoms. The van der Waals surface area contributed by atoms with E-state index in [4.69, 9.17) is 21.1 Å². The summed E-state index contributed by atoms with van der Waals surface area (Å²) in [6, 6.07) is 3.46. The highest BCUT2D eigenvalue weighted by atomic mass is 35.5.